The van der Waals surface area contributed by atoms with Crippen LogP contribution in [0, 0.1) is 6.07 Å². The normalized spacial score (nSPS) is 11.5. The van der Waals surface area contributed by atoms with Crippen LogP contribution in [0.25, 0.3) is 99.8 Å². The fraction of sp³-hybridized carbons (Fsp3) is 0. The van der Waals surface area contributed by atoms with E-state index in [9.17, 15) is 0 Å². The molecule has 0 saturated heterocycles. The number of hydrogen-bond acceptors (Lipinski definition) is 5. The van der Waals surface area contributed by atoms with Crippen molar-refractivity contribution in [1.29, 1.82) is 0 Å². The molecule has 0 saturated carbocycles. The monoisotopic (exact) mass is 807 g/mol. The number of hydrogen-bond donors (Lipinski definition) is 0. The van der Waals surface area contributed by atoms with Crippen LogP contribution in [-0.2, 0) is 20.1 Å². The number of rotatable bonds is 4. The molecule has 0 atom stereocenters. The summed E-state index contributed by atoms with van der Waals surface area (Å²) in [4.78, 5) is 15.1. The Morgan fingerprint density at radius 3 is 1.71 bits per heavy atom. The van der Waals surface area contributed by atoms with Crippen molar-refractivity contribution in [3.05, 3.63) is 152 Å². The summed E-state index contributed by atoms with van der Waals surface area (Å²) < 4.78 is 12.9. The van der Waals surface area contributed by atoms with E-state index >= 15 is 0 Å². The van der Waals surface area contributed by atoms with Crippen molar-refractivity contribution in [2.24, 2.45) is 0 Å². The molecule has 0 aliphatic heterocycles. The van der Waals surface area contributed by atoms with E-state index in [1.807, 2.05) is 72.9 Å². The number of nitrogens with zero attached hydrogens (tertiary/aromatic N) is 3. The number of fused-ring (bicyclic) bond motifs is 7. The average molecular weight is 807 g/mol. The maximum Gasteiger partial charge on any atom is 0.144 e. The minimum Gasteiger partial charge on any atom is -0.455 e. The number of furan rings is 2. The third-order valence-electron chi connectivity index (χ3n) is 9.05. The van der Waals surface area contributed by atoms with Crippen LogP contribution in [0.3, 0.4) is 0 Å². The summed E-state index contributed by atoms with van der Waals surface area (Å²) >= 11 is 0. The quantitative estimate of drug-likeness (QED) is 0.166. The molecule has 5 nitrogen and oxygen atoms in total. The van der Waals surface area contributed by atoms with E-state index in [1.54, 1.807) is 0 Å². The summed E-state index contributed by atoms with van der Waals surface area (Å²) in [5, 5.41) is 6.45. The van der Waals surface area contributed by atoms with Gasteiger partial charge in [-0.15, -0.1) is 29.8 Å². The minimum atomic E-state index is 0. The van der Waals surface area contributed by atoms with Crippen LogP contribution in [0.5, 0.6) is 0 Å². The average Bonchev–Trinajstić information content (AvgIpc) is 3.73. The number of pyridine rings is 1. The van der Waals surface area contributed by atoms with Gasteiger partial charge in [-0.3, -0.25) is 0 Å². The van der Waals surface area contributed by atoms with Crippen LogP contribution in [0.1, 0.15) is 0 Å². The zero-order valence-electron chi connectivity index (χ0n) is 25.8. The van der Waals surface area contributed by atoms with Crippen LogP contribution in [0.15, 0.2) is 155 Å². The SMILES string of the molecule is [Ir].[c-]1ccc(-c2nc(-c3cccc4c3oc3ccccc34)cc(-c3cccc4c3oc3ccccc34)n2)cc1-c1cc2ccccc2cn1. The minimum absolute atomic E-state index is 0. The molecule has 0 N–H and O–H groups in total. The molecule has 0 aliphatic carbocycles. The zero-order valence-corrected chi connectivity index (χ0v) is 28.2. The van der Waals surface area contributed by atoms with Crippen molar-refractivity contribution in [1.82, 2.24) is 15.0 Å². The maximum atomic E-state index is 6.46. The summed E-state index contributed by atoms with van der Waals surface area (Å²) in [5.74, 6) is 0.583. The van der Waals surface area contributed by atoms with Gasteiger partial charge in [0.25, 0.3) is 0 Å². The standard InChI is InChI=1S/C43H24N3O2.Ir/c1-2-11-29-25-44-36(23-26(29)10-1)27-12-7-13-28(22-27)43-45-37(34-18-8-16-32-30-14-3-5-20-39(30)47-41(32)34)24-38(46-43)35-19-9-17-33-31-15-4-6-21-40(31)48-42(33)35;/h1-11,13-25H;/q-1;. The number of benzene rings is 6. The summed E-state index contributed by atoms with van der Waals surface area (Å²) in [6.07, 6.45) is 1.91. The fourth-order valence-electron chi connectivity index (χ4n) is 6.73. The molecule has 6 heteroatoms. The Balaban J connectivity index is 0.00000325. The van der Waals surface area contributed by atoms with E-state index in [1.165, 1.54) is 0 Å². The molecule has 0 aliphatic rings. The van der Waals surface area contributed by atoms with Gasteiger partial charge in [-0.25, -0.2) is 9.97 Å². The Bertz CT molecular complexity index is 2740. The number of para-hydroxylation sites is 4. The van der Waals surface area contributed by atoms with Crippen molar-refractivity contribution in [3.63, 3.8) is 0 Å². The van der Waals surface area contributed by atoms with Gasteiger partial charge >= 0.3 is 0 Å². The molecule has 0 spiro atoms. The van der Waals surface area contributed by atoms with Crippen LogP contribution in [-0.4, -0.2) is 15.0 Å². The molecule has 0 unspecified atom stereocenters. The van der Waals surface area contributed by atoms with Crippen molar-refractivity contribution < 1.29 is 28.9 Å². The molecule has 6 aromatic carbocycles. The van der Waals surface area contributed by atoms with Gasteiger partial charge < -0.3 is 13.8 Å². The van der Waals surface area contributed by atoms with E-state index < -0.39 is 0 Å². The molecule has 0 amide bonds. The van der Waals surface area contributed by atoms with Crippen LogP contribution < -0.4 is 0 Å². The van der Waals surface area contributed by atoms with E-state index in [-0.39, 0.29) is 20.1 Å². The van der Waals surface area contributed by atoms with Crippen molar-refractivity contribution >= 4 is 54.6 Å². The number of aromatic nitrogens is 3. The first-order valence-electron chi connectivity index (χ1n) is 15.8. The molecule has 233 valence electrons. The molecular formula is C43H24IrN3O2-. The van der Waals surface area contributed by atoms with Gasteiger partial charge in [-0.1, -0.05) is 96.6 Å². The zero-order chi connectivity index (χ0) is 31.6. The molecule has 0 fully saturated rings. The molecule has 49 heavy (non-hydrogen) atoms. The largest absolute Gasteiger partial charge is 0.455 e. The Morgan fingerprint density at radius 1 is 0.490 bits per heavy atom. The molecule has 0 bridgehead atoms. The first kappa shape index (κ1) is 29.2. The Hall–Kier alpha value is -5.94. The van der Waals surface area contributed by atoms with Gasteiger partial charge in [-0.05, 0) is 46.8 Å². The van der Waals surface area contributed by atoms with Gasteiger partial charge in [0.15, 0.2) is 0 Å². The third kappa shape index (κ3) is 4.84. The molecule has 4 aromatic heterocycles. The van der Waals surface area contributed by atoms with Crippen LogP contribution in [0.4, 0.5) is 0 Å². The molecule has 4 heterocycles. The predicted octanol–water partition coefficient (Wildman–Crippen LogP) is 11.3. The topological polar surface area (TPSA) is 65.0 Å². The van der Waals surface area contributed by atoms with Crippen LogP contribution in [0.2, 0.25) is 0 Å². The Kier molecular flexibility index (Phi) is 6.94. The van der Waals surface area contributed by atoms with E-state index in [2.05, 4.69) is 78.9 Å². The third-order valence-corrected chi connectivity index (χ3v) is 9.05. The summed E-state index contributed by atoms with van der Waals surface area (Å²) in [6, 6.07) is 50.4. The van der Waals surface area contributed by atoms with Gasteiger partial charge in [0.05, 0.1) is 11.4 Å². The summed E-state index contributed by atoms with van der Waals surface area (Å²) in [6.45, 7) is 0. The first-order valence-corrected chi connectivity index (χ1v) is 15.8. The fourth-order valence-corrected chi connectivity index (χ4v) is 6.73. The van der Waals surface area contributed by atoms with Crippen molar-refractivity contribution in [2.75, 3.05) is 0 Å². The van der Waals surface area contributed by atoms with Gasteiger partial charge in [0.1, 0.15) is 28.2 Å². The Morgan fingerprint density at radius 2 is 1.06 bits per heavy atom. The second-order valence-electron chi connectivity index (χ2n) is 11.9. The van der Waals surface area contributed by atoms with E-state index in [4.69, 9.17) is 23.8 Å². The molecular weight excluding hydrogens is 783 g/mol. The van der Waals surface area contributed by atoms with Crippen molar-refractivity contribution in [2.45, 2.75) is 0 Å². The van der Waals surface area contributed by atoms with Gasteiger partial charge in [-0.2, -0.15) is 0 Å². The smallest absolute Gasteiger partial charge is 0.144 e. The second kappa shape index (κ2) is 11.6. The van der Waals surface area contributed by atoms with Gasteiger partial charge in [0.2, 0.25) is 0 Å². The maximum absolute atomic E-state index is 6.46. The molecule has 10 aromatic rings. The van der Waals surface area contributed by atoms with E-state index in [0.29, 0.717) is 5.82 Å². The van der Waals surface area contributed by atoms with Gasteiger partial charge in [0, 0.05) is 59.0 Å². The predicted molar refractivity (Wildman–Crippen MR) is 192 cm³/mol. The molecule has 10 rings (SSSR count). The second-order valence-corrected chi connectivity index (χ2v) is 11.9. The summed E-state index contributed by atoms with van der Waals surface area (Å²) in [7, 11) is 0. The van der Waals surface area contributed by atoms with Crippen LogP contribution >= 0.6 is 0 Å². The first-order chi connectivity index (χ1) is 23.8. The molecule has 1 radical (unpaired) electrons. The summed E-state index contributed by atoms with van der Waals surface area (Å²) in [5.41, 5.74) is 9.12. The van der Waals surface area contributed by atoms with E-state index in [0.717, 1.165) is 94.0 Å². The Labute approximate surface area is 294 Å². The van der Waals surface area contributed by atoms with Crippen molar-refractivity contribution in [3.8, 4) is 45.2 Å².